The predicted octanol–water partition coefficient (Wildman–Crippen LogP) is 5.15. The summed E-state index contributed by atoms with van der Waals surface area (Å²) >= 11 is 1.31. The Bertz CT molecular complexity index is 1010. The van der Waals surface area contributed by atoms with Gasteiger partial charge < -0.3 is 9.47 Å². The second-order valence-corrected chi connectivity index (χ2v) is 8.37. The zero-order chi connectivity index (χ0) is 21.0. The molecule has 1 aromatic heterocycles. The van der Waals surface area contributed by atoms with Gasteiger partial charge in [0.25, 0.3) is 5.91 Å². The van der Waals surface area contributed by atoms with Crippen LogP contribution in [0.25, 0.3) is 10.2 Å². The molecule has 0 aliphatic rings. The summed E-state index contributed by atoms with van der Waals surface area (Å²) in [7, 11) is 0. The SMILES string of the molecule is CC(C)COc1ccc(C(=O)Nc2nc3ccc(C(=O)OC(C)C)cc3s2)cc1. The molecule has 0 saturated heterocycles. The maximum atomic E-state index is 12.5. The Morgan fingerprint density at radius 2 is 1.72 bits per heavy atom. The molecular weight excluding hydrogens is 388 g/mol. The van der Waals surface area contributed by atoms with Gasteiger partial charge in [-0.1, -0.05) is 25.2 Å². The van der Waals surface area contributed by atoms with Gasteiger partial charge in [0.05, 0.1) is 28.5 Å². The van der Waals surface area contributed by atoms with Crippen LogP contribution in [0.4, 0.5) is 5.13 Å². The van der Waals surface area contributed by atoms with Gasteiger partial charge in [-0.15, -0.1) is 0 Å². The van der Waals surface area contributed by atoms with Crippen molar-refractivity contribution >= 4 is 38.6 Å². The number of carbonyl (C=O) groups is 2. The standard InChI is InChI=1S/C22H24N2O4S/c1-13(2)12-27-17-8-5-15(6-9-17)20(25)24-22-23-18-10-7-16(11-19(18)29-22)21(26)28-14(3)4/h5-11,13-14H,12H2,1-4H3,(H,23,24,25). The zero-order valence-electron chi connectivity index (χ0n) is 16.9. The lowest BCUT2D eigenvalue weighted by atomic mass is 10.2. The number of nitrogens with zero attached hydrogens (tertiary/aromatic N) is 1. The van der Waals surface area contributed by atoms with Gasteiger partial charge >= 0.3 is 5.97 Å². The van der Waals surface area contributed by atoms with Crippen molar-refractivity contribution < 1.29 is 19.1 Å². The van der Waals surface area contributed by atoms with E-state index in [0.29, 0.717) is 34.3 Å². The molecule has 0 fully saturated rings. The maximum Gasteiger partial charge on any atom is 0.338 e. The summed E-state index contributed by atoms with van der Waals surface area (Å²) in [6.07, 6.45) is -0.184. The van der Waals surface area contributed by atoms with Gasteiger partial charge in [0.1, 0.15) is 5.75 Å². The summed E-state index contributed by atoms with van der Waals surface area (Å²) in [4.78, 5) is 29.0. The molecule has 0 radical (unpaired) electrons. The minimum atomic E-state index is -0.374. The molecule has 152 valence electrons. The van der Waals surface area contributed by atoms with Crippen LogP contribution in [-0.4, -0.2) is 29.6 Å². The Hall–Kier alpha value is -2.93. The van der Waals surface area contributed by atoms with Crippen molar-refractivity contribution in [2.24, 2.45) is 5.92 Å². The summed E-state index contributed by atoms with van der Waals surface area (Å²) in [5.74, 6) is 0.542. The van der Waals surface area contributed by atoms with Crippen LogP contribution in [0.3, 0.4) is 0 Å². The fourth-order valence-corrected chi connectivity index (χ4v) is 3.42. The van der Waals surface area contributed by atoms with Gasteiger partial charge in [-0.25, -0.2) is 9.78 Å². The van der Waals surface area contributed by atoms with E-state index in [2.05, 4.69) is 24.1 Å². The molecule has 0 atom stereocenters. The lowest BCUT2D eigenvalue weighted by Gasteiger charge is -2.09. The van der Waals surface area contributed by atoms with Crippen molar-refractivity contribution in [1.29, 1.82) is 0 Å². The molecule has 1 heterocycles. The fraction of sp³-hybridized carbons (Fsp3) is 0.318. The molecule has 6 nitrogen and oxygen atoms in total. The van der Waals surface area contributed by atoms with Crippen molar-refractivity contribution in [2.45, 2.75) is 33.8 Å². The third kappa shape index (κ3) is 5.54. The van der Waals surface area contributed by atoms with E-state index in [-0.39, 0.29) is 18.0 Å². The van der Waals surface area contributed by atoms with Crippen LogP contribution >= 0.6 is 11.3 Å². The molecule has 3 aromatic rings. The first-order valence-corrected chi connectivity index (χ1v) is 10.3. The fourth-order valence-electron chi connectivity index (χ4n) is 2.52. The van der Waals surface area contributed by atoms with E-state index in [0.717, 1.165) is 10.4 Å². The first kappa shape index (κ1) is 20.8. The molecule has 7 heteroatoms. The number of thiazole rings is 1. The molecule has 3 rings (SSSR count). The highest BCUT2D eigenvalue weighted by Gasteiger charge is 2.14. The number of carbonyl (C=O) groups excluding carboxylic acids is 2. The quantitative estimate of drug-likeness (QED) is 0.543. The van der Waals surface area contributed by atoms with Crippen molar-refractivity contribution in [3.8, 4) is 5.75 Å². The minimum absolute atomic E-state index is 0.184. The molecule has 0 aliphatic heterocycles. The number of fused-ring (bicyclic) bond motifs is 1. The van der Waals surface area contributed by atoms with Crippen LogP contribution in [0.15, 0.2) is 42.5 Å². The van der Waals surface area contributed by atoms with Crippen LogP contribution in [0.5, 0.6) is 5.75 Å². The van der Waals surface area contributed by atoms with E-state index in [1.54, 1.807) is 56.3 Å². The first-order valence-electron chi connectivity index (χ1n) is 9.47. The van der Waals surface area contributed by atoms with Crippen LogP contribution in [0.2, 0.25) is 0 Å². The highest BCUT2D eigenvalue weighted by Crippen LogP contribution is 2.27. The number of hydrogen-bond acceptors (Lipinski definition) is 6. The van der Waals surface area contributed by atoms with E-state index in [1.165, 1.54) is 11.3 Å². The lowest BCUT2D eigenvalue weighted by molar-refractivity contribution is 0.0378. The Morgan fingerprint density at radius 1 is 1.03 bits per heavy atom. The Balaban J connectivity index is 1.69. The average molecular weight is 413 g/mol. The van der Waals surface area contributed by atoms with Gasteiger partial charge in [0, 0.05) is 5.56 Å². The molecule has 0 unspecified atom stereocenters. The van der Waals surface area contributed by atoms with Gasteiger partial charge in [0.15, 0.2) is 5.13 Å². The van der Waals surface area contributed by atoms with Crippen LogP contribution in [-0.2, 0) is 4.74 Å². The van der Waals surface area contributed by atoms with E-state index >= 15 is 0 Å². The highest BCUT2D eigenvalue weighted by molar-refractivity contribution is 7.22. The molecule has 29 heavy (non-hydrogen) atoms. The monoisotopic (exact) mass is 412 g/mol. The average Bonchev–Trinajstić information content (AvgIpc) is 3.07. The summed E-state index contributed by atoms with van der Waals surface area (Å²) in [6, 6.07) is 12.2. The second-order valence-electron chi connectivity index (χ2n) is 7.34. The number of benzene rings is 2. The van der Waals surface area contributed by atoms with E-state index in [9.17, 15) is 9.59 Å². The van der Waals surface area contributed by atoms with Crippen LogP contribution in [0.1, 0.15) is 48.4 Å². The third-order valence-electron chi connectivity index (χ3n) is 3.89. The number of rotatable bonds is 7. The number of amides is 1. The molecule has 0 bridgehead atoms. The van der Waals surface area contributed by atoms with Crippen LogP contribution < -0.4 is 10.1 Å². The van der Waals surface area contributed by atoms with E-state index in [1.807, 2.05) is 0 Å². The third-order valence-corrected chi connectivity index (χ3v) is 4.82. The zero-order valence-corrected chi connectivity index (χ0v) is 17.7. The predicted molar refractivity (Wildman–Crippen MR) is 115 cm³/mol. The van der Waals surface area contributed by atoms with Crippen molar-refractivity contribution in [3.05, 3.63) is 53.6 Å². The molecule has 2 aromatic carbocycles. The molecule has 0 aliphatic carbocycles. The number of esters is 1. The topological polar surface area (TPSA) is 77.5 Å². The molecule has 0 spiro atoms. The Labute approximate surface area is 173 Å². The summed E-state index contributed by atoms with van der Waals surface area (Å²) in [5, 5.41) is 3.28. The Kier molecular flexibility index (Phi) is 6.49. The molecule has 0 saturated carbocycles. The van der Waals surface area contributed by atoms with Crippen molar-refractivity contribution in [1.82, 2.24) is 4.98 Å². The van der Waals surface area contributed by atoms with Gasteiger partial charge in [-0.2, -0.15) is 0 Å². The number of nitrogens with one attached hydrogen (secondary N) is 1. The second kappa shape index (κ2) is 9.05. The molecule has 1 N–H and O–H groups in total. The van der Waals surface area contributed by atoms with Gasteiger partial charge in [-0.3, -0.25) is 10.1 Å². The smallest absolute Gasteiger partial charge is 0.338 e. The summed E-state index contributed by atoms with van der Waals surface area (Å²) < 4.78 is 11.7. The van der Waals surface area contributed by atoms with Gasteiger partial charge in [-0.05, 0) is 62.2 Å². The minimum Gasteiger partial charge on any atom is -0.493 e. The Morgan fingerprint density at radius 3 is 2.38 bits per heavy atom. The van der Waals surface area contributed by atoms with Gasteiger partial charge in [0.2, 0.25) is 0 Å². The first-order chi connectivity index (χ1) is 13.8. The van der Waals surface area contributed by atoms with E-state index < -0.39 is 0 Å². The number of aromatic nitrogens is 1. The molecular formula is C22H24N2O4S. The maximum absolute atomic E-state index is 12.5. The molecule has 1 amide bonds. The van der Waals surface area contributed by atoms with Crippen molar-refractivity contribution in [3.63, 3.8) is 0 Å². The van der Waals surface area contributed by atoms with E-state index in [4.69, 9.17) is 9.47 Å². The highest BCUT2D eigenvalue weighted by atomic mass is 32.1. The summed E-state index contributed by atoms with van der Waals surface area (Å²) in [5.41, 5.74) is 1.69. The summed E-state index contributed by atoms with van der Waals surface area (Å²) in [6.45, 7) is 8.40. The number of anilines is 1. The lowest BCUT2D eigenvalue weighted by Crippen LogP contribution is -2.11. The van der Waals surface area contributed by atoms with Crippen molar-refractivity contribution in [2.75, 3.05) is 11.9 Å². The van der Waals surface area contributed by atoms with Crippen LogP contribution in [0, 0.1) is 5.92 Å². The normalized spacial score (nSPS) is 11.1. The largest absolute Gasteiger partial charge is 0.493 e. The number of ether oxygens (including phenoxy) is 2. The number of hydrogen-bond donors (Lipinski definition) is 1.